The third-order valence-corrected chi connectivity index (χ3v) is 3.04. The quantitative estimate of drug-likeness (QED) is 0.795. The number of benzene rings is 2. The molecule has 2 aromatic carbocycles. The lowest BCUT2D eigenvalue weighted by atomic mass is 10.1. The van der Waals surface area contributed by atoms with Gasteiger partial charge in [0, 0.05) is 5.56 Å². The van der Waals surface area contributed by atoms with Crippen LogP contribution in [-0.2, 0) is 0 Å². The highest BCUT2D eigenvalue weighted by molar-refractivity contribution is 5.39. The summed E-state index contributed by atoms with van der Waals surface area (Å²) in [4.78, 5) is 0. The Morgan fingerprint density at radius 1 is 0.857 bits per heavy atom. The predicted octanol–water partition coefficient (Wildman–Crippen LogP) is 3.21. The highest BCUT2D eigenvalue weighted by atomic mass is 16.5. The minimum Gasteiger partial charge on any atom is -0.493 e. The second-order valence-electron chi connectivity index (χ2n) is 4.56. The molecule has 4 heteroatoms. The van der Waals surface area contributed by atoms with Crippen molar-refractivity contribution in [2.45, 2.75) is 13.0 Å². The summed E-state index contributed by atoms with van der Waals surface area (Å²) in [5.74, 6) is 2.06. The van der Waals surface area contributed by atoms with Gasteiger partial charge in [-0.2, -0.15) is 0 Å². The van der Waals surface area contributed by atoms with Crippen molar-refractivity contribution in [3.05, 3.63) is 54.1 Å². The molecule has 0 saturated heterocycles. The first-order chi connectivity index (χ1) is 10.2. The smallest absolute Gasteiger partial charge is 0.161 e. The van der Waals surface area contributed by atoms with E-state index in [-0.39, 0.29) is 0 Å². The summed E-state index contributed by atoms with van der Waals surface area (Å²) < 4.78 is 16.5. The SMILES string of the molecule is COc1ccccc1OCCOc1ccccc1[C@@H](C)O. The summed E-state index contributed by atoms with van der Waals surface area (Å²) in [6.07, 6.45) is -0.559. The molecule has 0 fully saturated rings. The van der Waals surface area contributed by atoms with Crippen molar-refractivity contribution in [3.63, 3.8) is 0 Å². The zero-order chi connectivity index (χ0) is 15.1. The Kier molecular flexibility index (Phi) is 5.46. The molecule has 0 aliphatic heterocycles. The molecule has 112 valence electrons. The van der Waals surface area contributed by atoms with E-state index in [0.29, 0.717) is 30.5 Å². The summed E-state index contributed by atoms with van der Waals surface area (Å²) >= 11 is 0. The van der Waals surface area contributed by atoms with Crippen LogP contribution >= 0.6 is 0 Å². The van der Waals surface area contributed by atoms with E-state index in [1.165, 1.54) is 0 Å². The maximum Gasteiger partial charge on any atom is 0.161 e. The number of methoxy groups -OCH3 is 1. The molecule has 0 aromatic heterocycles. The van der Waals surface area contributed by atoms with Crippen molar-refractivity contribution < 1.29 is 19.3 Å². The third-order valence-electron chi connectivity index (χ3n) is 3.04. The first-order valence-corrected chi connectivity index (χ1v) is 6.88. The van der Waals surface area contributed by atoms with Gasteiger partial charge in [-0.1, -0.05) is 30.3 Å². The van der Waals surface area contributed by atoms with E-state index < -0.39 is 6.10 Å². The molecule has 0 aliphatic carbocycles. The van der Waals surface area contributed by atoms with Gasteiger partial charge in [0.15, 0.2) is 11.5 Å². The minimum atomic E-state index is -0.559. The Balaban J connectivity index is 1.88. The zero-order valence-electron chi connectivity index (χ0n) is 12.3. The van der Waals surface area contributed by atoms with Crippen molar-refractivity contribution in [3.8, 4) is 17.2 Å². The van der Waals surface area contributed by atoms with Crippen LogP contribution in [0, 0.1) is 0 Å². The standard InChI is InChI=1S/C17H20O4/c1-13(18)14-7-3-4-8-15(14)20-11-12-21-17-10-6-5-9-16(17)19-2/h3-10,13,18H,11-12H2,1-2H3/t13-/m1/s1. The number of hydrogen-bond acceptors (Lipinski definition) is 4. The maximum atomic E-state index is 9.68. The van der Waals surface area contributed by atoms with Crippen molar-refractivity contribution >= 4 is 0 Å². The molecule has 0 saturated carbocycles. The molecule has 1 atom stereocenters. The van der Waals surface area contributed by atoms with Crippen LogP contribution in [0.3, 0.4) is 0 Å². The second-order valence-corrected chi connectivity index (χ2v) is 4.56. The van der Waals surface area contributed by atoms with Gasteiger partial charge in [0.25, 0.3) is 0 Å². The normalized spacial score (nSPS) is 11.8. The van der Waals surface area contributed by atoms with Gasteiger partial charge in [-0.05, 0) is 25.1 Å². The first kappa shape index (κ1) is 15.2. The van der Waals surface area contributed by atoms with Gasteiger partial charge in [0.05, 0.1) is 13.2 Å². The zero-order valence-corrected chi connectivity index (χ0v) is 12.3. The number of rotatable bonds is 7. The van der Waals surface area contributed by atoms with Crippen molar-refractivity contribution in [2.75, 3.05) is 20.3 Å². The molecule has 0 unspecified atom stereocenters. The molecule has 4 nitrogen and oxygen atoms in total. The summed E-state index contributed by atoms with van der Waals surface area (Å²) in [5, 5.41) is 9.68. The number of aliphatic hydroxyl groups excluding tert-OH is 1. The average Bonchev–Trinajstić information content (AvgIpc) is 2.52. The summed E-state index contributed by atoms with van der Waals surface area (Å²) in [7, 11) is 1.61. The van der Waals surface area contributed by atoms with Crippen LogP contribution in [0.1, 0.15) is 18.6 Å². The maximum absolute atomic E-state index is 9.68. The fourth-order valence-electron chi connectivity index (χ4n) is 2.00. The molecule has 0 spiro atoms. The molecular weight excluding hydrogens is 268 g/mol. The van der Waals surface area contributed by atoms with Gasteiger partial charge in [-0.15, -0.1) is 0 Å². The second kappa shape index (κ2) is 7.55. The Morgan fingerprint density at radius 2 is 1.38 bits per heavy atom. The molecule has 0 aliphatic rings. The fourth-order valence-corrected chi connectivity index (χ4v) is 2.00. The average molecular weight is 288 g/mol. The lowest BCUT2D eigenvalue weighted by Crippen LogP contribution is -2.11. The van der Waals surface area contributed by atoms with Crippen molar-refractivity contribution in [2.24, 2.45) is 0 Å². The first-order valence-electron chi connectivity index (χ1n) is 6.88. The molecule has 0 radical (unpaired) electrons. The topological polar surface area (TPSA) is 47.9 Å². The van der Waals surface area contributed by atoms with Crippen molar-refractivity contribution in [1.82, 2.24) is 0 Å². The van der Waals surface area contributed by atoms with E-state index in [9.17, 15) is 5.11 Å². The Hall–Kier alpha value is -2.20. The van der Waals surface area contributed by atoms with Crippen LogP contribution in [0.15, 0.2) is 48.5 Å². The van der Waals surface area contributed by atoms with Crippen LogP contribution in [0.4, 0.5) is 0 Å². The van der Waals surface area contributed by atoms with E-state index in [1.807, 2.05) is 48.5 Å². The van der Waals surface area contributed by atoms with Gasteiger partial charge in [-0.25, -0.2) is 0 Å². The molecule has 0 heterocycles. The van der Waals surface area contributed by atoms with Gasteiger partial charge >= 0.3 is 0 Å². The van der Waals surface area contributed by atoms with E-state index in [1.54, 1.807) is 14.0 Å². The highest BCUT2D eigenvalue weighted by Crippen LogP contribution is 2.26. The van der Waals surface area contributed by atoms with Crippen LogP contribution < -0.4 is 14.2 Å². The number of hydrogen-bond donors (Lipinski definition) is 1. The molecule has 0 amide bonds. The largest absolute Gasteiger partial charge is 0.493 e. The molecular formula is C17H20O4. The third kappa shape index (κ3) is 4.13. The Bertz CT molecular complexity index is 566. The van der Waals surface area contributed by atoms with E-state index in [4.69, 9.17) is 14.2 Å². The van der Waals surface area contributed by atoms with E-state index in [2.05, 4.69) is 0 Å². The fraction of sp³-hybridized carbons (Fsp3) is 0.294. The summed E-state index contributed by atoms with van der Waals surface area (Å²) in [6.45, 7) is 2.50. The number of ether oxygens (including phenoxy) is 3. The van der Waals surface area contributed by atoms with Gasteiger partial charge in [-0.3, -0.25) is 0 Å². The van der Waals surface area contributed by atoms with Crippen LogP contribution in [0.5, 0.6) is 17.2 Å². The van der Waals surface area contributed by atoms with Crippen LogP contribution in [0.2, 0.25) is 0 Å². The minimum absolute atomic E-state index is 0.391. The Labute approximate surface area is 124 Å². The lowest BCUT2D eigenvalue weighted by Gasteiger charge is -2.14. The molecule has 2 rings (SSSR count). The highest BCUT2D eigenvalue weighted by Gasteiger charge is 2.08. The van der Waals surface area contributed by atoms with Crippen LogP contribution in [0.25, 0.3) is 0 Å². The molecule has 0 bridgehead atoms. The van der Waals surface area contributed by atoms with Gasteiger partial charge in [0.1, 0.15) is 19.0 Å². The monoisotopic (exact) mass is 288 g/mol. The summed E-state index contributed by atoms with van der Waals surface area (Å²) in [6, 6.07) is 14.9. The summed E-state index contributed by atoms with van der Waals surface area (Å²) in [5.41, 5.74) is 0.773. The molecule has 2 aromatic rings. The number of para-hydroxylation sites is 3. The van der Waals surface area contributed by atoms with Gasteiger partial charge in [0.2, 0.25) is 0 Å². The number of aliphatic hydroxyl groups is 1. The van der Waals surface area contributed by atoms with E-state index in [0.717, 1.165) is 5.56 Å². The Morgan fingerprint density at radius 3 is 2.00 bits per heavy atom. The molecule has 21 heavy (non-hydrogen) atoms. The lowest BCUT2D eigenvalue weighted by molar-refractivity contribution is 0.181. The predicted molar refractivity (Wildman–Crippen MR) is 81.1 cm³/mol. The van der Waals surface area contributed by atoms with Crippen LogP contribution in [-0.4, -0.2) is 25.4 Å². The van der Waals surface area contributed by atoms with E-state index >= 15 is 0 Å². The molecule has 1 N–H and O–H groups in total. The van der Waals surface area contributed by atoms with Crippen molar-refractivity contribution in [1.29, 1.82) is 0 Å². The van der Waals surface area contributed by atoms with Gasteiger partial charge < -0.3 is 19.3 Å².